The summed E-state index contributed by atoms with van der Waals surface area (Å²) in [4.78, 5) is 11.5. The molecule has 4 nitrogen and oxygen atoms in total. The Morgan fingerprint density at radius 1 is 1.19 bits per heavy atom. The molecule has 0 spiro atoms. The lowest BCUT2D eigenvalue weighted by Crippen LogP contribution is -2.20. The molecule has 0 radical (unpaired) electrons. The zero-order valence-electron chi connectivity index (χ0n) is 11.1. The van der Waals surface area contributed by atoms with Gasteiger partial charge < -0.3 is 15.2 Å². The van der Waals surface area contributed by atoms with Crippen LogP contribution in [0.3, 0.4) is 0 Å². The summed E-state index contributed by atoms with van der Waals surface area (Å²) in [5.74, 6) is -0.614. The summed E-state index contributed by atoms with van der Waals surface area (Å²) in [5, 5.41) is 12.8. The number of aliphatic carboxylic acids is 1. The van der Waals surface area contributed by atoms with Crippen molar-refractivity contribution in [3.05, 3.63) is 58.1 Å². The van der Waals surface area contributed by atoms with E-state index in [2.05, 4.69) is 5.32 Å². The second kappa shape index (κ2) is 6.70. The number of methoxy groups -OCH3 is 1. The predicted octanol–water partition coefficient (Wildman–Crippen LogP) is 4.24. The Bertz CT molecular complexity index is 647. The molecule has 6 heteroatoms. The Kier molecular flexibility index (Phi) is 4.94. The highest BCUT2D eigenvalue weighted by molar-refractivity contribution is 6.40. The van der Waals surface area contributed by atoms with Gasteiger partial charge in [-0.15, -0.1) is 0 Å². The fourth-order valence-electron chi connectivity index (χ4n) is 1.90. The number of ether oxygens (including phenoxy) is 1. The highest BCUT2D eigenvalue weighted by Gasteiger charge is 2.22. The van der Waals surface area contributed by atoms with Crippen molar-refractivity contribution in [3.8, 4) is 5.75 Å². The number of anilines is 1. The van der Waals surface area contributed by atoms with Crippen LogP contribution in [0.4, 0.5) is 5.69 Å². The number of carboxylic acid groups (broad SMARTS) is 1. The predicted molar refractivity (Wildman–Crippen MR) is 83.5 cm³/mol. The van der Waals surface area contributed by atoms with Crippen LogP contribution in [0.1, 0.15) is 11.6 Å². The van der Waals surface area contributed by atoms with Crippen LogP contribution in [-0.2, 0) is 4.79 Å². The minimum atomic E-state index is -1.03. The molecule has 0 aliphatic heterocycles. The van der Waals surface area contributed by atoms with Crippen molar-refractivity contribution in [2.24, 2.45) is 0 Å². The molecule has 1 atom stereocenters. The molecule has 0 heterocycles. The number of hydrogen-bond acceptors (Lipinski definition) is 3. The number of hydrogen-bond donors (Lipinski definition) is 2. The van der Waals surface area contributed by atoms with E-state index >= 15 is 0 Å². The molecule has 0 saturated carbocycles. The molecule has 0 bridgehead atoms. The maximum atomic E-state index is 11.5. The molecule has 0 aliphatic rings. The number of carboxylic acids is 1. The van der Waals surface area contributed by atoms with E-state index in [-0.39, 0.29) is 5.02 Å². The third-order valence-electron chi connectivity index (χ3n) is 2.94. The van der Waals surface area contributed by atoms with E-state index < -0.39 is 12.0 Å². The lowest BCUT2D eigenvalue weighted by atomic mass is 10.1. The molecule has 0 aromatic heterocycles. The number of benzene rings is 2. The van der Waals surface area contributed by atoms with Crippen molar-refractivity contribution in [1.29, 1.82) is 0 Å². The van der Waals surface area contributed by atoms with Gasteiger partial charge in [-0.05, 0) is 17.7 Å². The summed E-state index contributed by atoms with van der Waals surface area (Å²) in [5.41, 5.74) is 0.925. The molecule has 2 rings (SSSR count). The highest BCUT2D eigenvalue weighted by atomic mass is 35.5. The molecular weight excluding hydrogens is 313 g/mol. The molecule has 0 amide bonds. The summed E-state index contributed by atoms with van der Waals surface area (Å²) in [6.45, 7) is 0. The van der Waals surface area contributed by atoms with E-state index in [0.717, 1.165) is 0 Å². The largest absolute Gasteiger partial charge is 0.495 e. The van der Waals surface area contributed by atoms with Crippen molar-refractivity contribution in [3.63, 3.8) is 0 Å². The van der Waals surface area contributed by atoms with Crippen LogP contribution < -0.4 is 10.1 Å². The Morgan fingerprint density at radius 2 is 1.86 bits per heavy atom. The molecule has 1 unspecified atom stereocenters. The molecule has 2 aromatic carbocycles. The number of rotatable bonds is 5. The van der Waals surface area contributed by atoms with Gasteiger partial charge in [0, 0.05) is 0 Å². The van der Waals surface area contributed by atoms with Crippen LogP contribution >= 0.6 is 23.2 Å². The van der Waals surface area contributed by atoms with Crippen LogP contribution in [0, 0.1) is 0 Å². The molecule has 0 aliphatic carbocycles. The zero-order chi connectivity index (χ0) is 15.4. The van der Waals surface area contributed by atoms with E-state index in [1.807, 2.05) is 6.07 Å². The Labute approximate surface area is 132 Å². The van der Waals surface area contributed by atoms with Gasteiger partial charge in [0.1, 0.15) is 10.8 Å². The summed E-state index contributed by atoms with van der Waals surface area (Å²) in [6.07, 6.45) is 0. The first-order valence-electron chi connectivity index (χ1n) is 6.11. The van der Waals surface area contributed by atoms with Crippen molar-refractivity contribution < 1.29 is 14.6 Å². The van der Waals surface area contributed by atoms with Gasteiger partial charge in [-0.3, -0.25) is 0 Å². The molecule has 0 saturated heterocycles. The van der Waals surface area contributed by atoms with E-state index in [9.17, 15) is 9.90 Å². The van der Waals surface area contributed by atoms with Crippen molar-refractivity contribution in [1.82, 2.24) is 0 Å². The minimum absolute atomic E-state index is 0.243. The average molecular weight is 326 g/mol. The quantitative estimate of drug-likeness (QED) is 0.863. The second-order valence-electron chi connectivity index (χ2n) is 4.26. The first-order valence-corrected chi connectivity index (χ1v) is 6.86. The second-order valence-corrected chi connectivity index (χ2v) is 5.05. The Morgan fingerprint density at radius 3 is 2.43 bits per heavy atom. The van der Waals surface area contributed by atoms with Gasteiger partial charge in [-0.25, -0.2) is 4.79 Å². The third kappa shape index (κ3) is 3.40. The van der Waals surface area contributed by atoms with Crippen LogP contribution in [-0.4, -0.2) is 18.2 Å². The van der Waals surface area contributed by atoms with E-state index in [0.29, 0.717) is 22.0 Å². The number of carbonyl (C=O) groups is 1. The van der Waals surface area contributed by atoms with Gasteiger partial charge in [0.2, 0.25) is 0 Å². The van der Waals surface area contributed by atoms with Gasteiger partial charge >= 0.3 is 5.97 Å². The van der Waals surface area contributed by atoms with Crippen molar-refractivity contribution in [2.45, 2.75) is 6.04 Å². The molecule has 2 N–H and O–H groups in total. The zero-order valence-corrected chi connectivity index (χ0v) is 12.7. The van der Waals surface area contributed by atoms with Crippen LogP contribution in [0.2, 0.25) is 10.0 Å². The molecule has 21 heavy (non-hydrogen) atoms. The van der Waals surface area contributed by atoms with Crippen molar-refractivity contribution in [2.75, 3.05) is 12.4 Å². The average Bonchev–Trinajstić information content (AvgIpc) is 2.48. The van der Waals surface area contributed by atoms with E-state index in [1.54, 1.807) is 36.4 Å². The van der Waals surface area contributed by atoms with Gasteiger partial charge in [0.05, 0.1) is 17.8 Å². The van der Waals surface area contributed by atoms with E-state index in [1.165, 1.54) is 7.11 Å². The number of nitrogens with one attached hydrogen (secondary N) is 1. The first kappa shape index (κ1) is 15.5. The first-order chi connectivity index (χ1) is 10.0. The maximum absolute atomic E-state index is 11.5. The monoisotopic (exact) mass is 325 g/mol. The van der Waals surface area contributed by atoms with Crippen LogP contribution in [0.25, 0.3) is 0 Å². The van der Waals surface area contributed by atoms with Crippen LogP contribution in [0.15, 0.2) is 42.5 Å². The Hall–Kier alpha value is -1.91. The minimum Gasteiger partial charge on any atom is -0.495 e. The topological polar surface area (TPSA) is 58.6 Å². The summed E-state index contributed by atoms with van der Waals surface area (Å²) in [6, 6.07) is 11.0. The van der Waals surface area contributed by atoms with Gasteiger partial charge in [-0.1, -0.05) is 53.5 Å². The van der Waals surface area contributed by atoms with Gasteiger partial charge in [0.15, 0.2) is 6.04 Å². The fraction of sp³-hybridized carbons (Fsp3) is 0.133. The maximum Gasteiger partial charge on any atom is 0.330 e. The lowest BCUT2D eigenvalue weighted by molar-refractivity contribution is -0.138. The molecule has 2 aromatic rings. The molecule has 110 valence electrons. The summed E-state index contributed by atoms with van der Waals surface area (Å²) < 4.78 is 5.11. The molecule has 0 fully saturated rings. The smallest absolute Gasteiger partial charge is 0.330 e. The standard InChI is InChI=1S/C15H13Cl2NO3/c1-21-11-8-7-10(16)14(12(11)17)18-13(15(19)20)9-5-3-2-4-6-9/h2-8,13,18H,1H3,(H,19,20). The van der Waals surface area contributed by atoms with Crippen LogP contribution in [0.5, 0.6) is 5.75 Å². The SMILES string of the molecule is COc1ccc(Cl)c(NC(C(=O)O)c2ccccc2)c1Cl. The van der Waals surface area contributed by atoms with Gasteiger partial charge in [0.25, 0.3) is 0 Å². The van der Waals surface area contributed by atoms with Crippen molar-refractivity contribution >= 4 is 34.9 Å². The number of halogens is 2. The lowest BCUT2D eigenvalue weighted by Gasteiger charge is -2.19. The summed E-state index contributed by atoms with van der Waals surface area (Å²) >= 11 is 12.3. The fourth-order valence-corrected chi connectivity index (χ4v) is 2.46. The third-order valence-corrected chi connectivity index (χ3v) is 3.63. The normalized spacial score (nSPS) is 11.8. The summed E-state index contributed by atoms with van der Waals surface area (Å²) in [7, 11) is 1.48. The Balaban J connectivity index is 2.41. The molecular formula is C15H13Cl2NO3. The highest BCUT2D eigenvalue weighted by Crippen LogP contribution is 2.39. The van der Waals surface area contributed by atoms with Gasteiger partial charge in [-0.2, -0.15) is 0 Å². The van der Waals surface area contributed by atoms with E-state index in [4.69, 9.17) is 27.9 Å².